The predicted octanol–water partition coefficient (Wildman–Crippen LogP) is 3.10. The lowest BCUT2D eigenvalue weighted by Crippen LogP contribution is -2.48. The number of ketones is 1. The first kappa shape index (κ1) is 19.1. The molecule has 0 radical (unpaired) electrons. The summed E-state index contributed by atoms with van der Waals surface area (Å²) in [6.45, 7) is 14.7. The second-order valence-electron chi connectivity index (χ2n) is 7.75. The van der Waals surface area contributed by atoms with E-state index in [2.05, 4.69) is 0 Å². The number of hydrogen-bond acceptors (Lipinski definition) is 5. The largest absolute Gasteiger partial charge is 0.465 e. The third-order valence-corrected chi connectivity index (χ3v) is 3.89. The van der Waals surface area contributed by atoms with Crippen molar-refractivity contribution in [2.45, 2.75) is 79.3 Å². The minimum Gasteiger partial charge on any atom is -0.465 e. The third-order valence-electron chi connectivity index (χ3n) is 3.89. The van der Waals surface area contributed by atoms with Crippen LogP contribution in [0.3, 0.4) is 0 Å². The molecule has 1 rings (SSSR count). The Kier molecular flexibility index (Phi) is 5.46. The van der Waals surface area contributed by atoms with Crippen molar-refractivity contribution in [2.24, 2.45) is 11.3 Å². The van der Waals surface area contributed by atoms with Gasteiger partial charge in [0.25, 0.3) is 0 Å². The van der Waals surface area contributed by atoms with Crippen molar-refractivity contribution in [3.8, 4) is 0 Å². The summed E-state index contributed by atoms with van der Waals surface area (Å²) >= 11 is 0. The van der Waals surface area contributed by atoms with Crippen LogP contribution in [0.2, 0.25) is 0 Å². The van der Waals surface area contributed by atoms with E-state index in [1.54, 1.807) is 20.8 Å². The molecule has 1 fully saturated rings. The fourth-order valence-corrected chi connectivity index (χ4v) is 2.75. The minimum atomic E-state index is -1.01. The van der Waals surface area contributed by atoms with Crippen LogP contribution in [0.25, 0.3) is 0 Å². The Bertz CT molecular complexity index is 435. The van der Waals surface area contributed by atoms with Crippen LogP contribution in [0.5, 0.6) is 0 Å². The van der Waals surface area contributed by atoms with E-state index in [0.29, 0.717) is 6.42 Å². The summed E-state index contributed by atoms with van der Waals surface area (Å²) in [5.74, 6) is -1.24. The van der Waals surface area contributed by atoms with Crippen molar-refractivity contribution in [3.05, 3.63) is 0 Å². The maximum atomic E-state index is 12.3. The highest BCUT2D eigenvalue weighted by Crippen LogP contribution is 2.41. The average Bonchev–Trinajstić information content (AvgIpc) is 2.64. The molecule has 0 spiro atoms. The molecular weight excluding hydrogens is 284 g/mol. The molecule has 1 saturated heterocycles. The maximum absolute atomic E-state index is 12.3. The number of rotatable bonds is 5. The SMILES string of the molecule is CCC(=O)[C@@]1(C)OC(C)(C)O[C@@H]1[C@@H](C)COC(=O)C(C)(C)C. The highest BCUT2D eigenvalue weighted by atomic mass is 16.8. The highest BCUT2D eigenvalue weighted by Gasteiger charge is 2.55. The van der Waals surface area contributed by atoms with E-state index in [-0.39, 0.29) is 24.3 Å². The van der Waals surface area contributed by atoms with Crippen LogP contribution in [0.1, 0.15) is 61.8 Å². The van der Waals surface area contributed by atoms with Crippen molar-refractivity contribution in [1.29, 1.82) is 0 Å². The first-order chi connectivity index (χ1) is 9.83. The lowest BCUT2D eigenvalue weighted by atomic mass is 9.85. The van der Waals surface area contributed by atoms with E-state index in [1.807, 2.05) is 34.6 Å². The zero-order valence-electron chi connectivity index (χ0n) is 15.1. The molecule has 1 heterocycles. The van der Waals surface area contributed by atoms with Crippen molar-refractivity contribution in [1.82, 2.24) is 0 Å². The molecule has 5 nitrogen and oxygen atoms in total. The van der Waals surface area contributed by atoms with E-state index >= 15 is 0 Å². The molecule has 0 bridgehead atoms. The summed E-state index contributed by atoms with van der Waals surface area (Å²) in [5.41, 5.74) is -1.56. The molecule has 0 aromatic rings. The van der Waals surface area contributed by atoms with Gasteiger partial charge in [-0.3, -0.25) is 9.59 Å². The molecule has 0 saturated carbocycles. The van der Waals surface area contributed by atoms with Crippen LogP contribution < -0.4 is 0 Å². The maximum Gasteiger partial charge on any atom is 0.311 e. The van der Waals surface area contributed by atoms with Crippen LogP contribution in [0, 0.1) is 11.3 Å². The summed E-state index contributed by atoms with van der Waals surface area (Å²) < 4.78 is 17.2. The van der Waals surface area contributed by atoms with Gasteiger partial charge in [0.05, 0.1) is 12.0 Å². The van der Waals surface area contributed by atoms with Crippen LogP contribution >= 0.6 is 0 Å². The number of Topliss-reactive ketones (excluding diaryl/α,β-unsaturated/α-hetero) is 1. The van der Waals surface area contributed by atoms with Gasteiger partial charge < -0.3 is 14.2 Å². The fourth-order valence-electron chi connectivity index (χ4n) is 2.75. The van der Waals surface area contributed by atoms with Gasteiger partial charge in [0.15, 0.2) is 17.2 Å². The van der Waals surface area contributed by atoms with Gasteiger partial charge in [0.1, 0.15) is 6.10 Å². The summed E-state index contributed by atoms with van der Waals surface area (Å²) in [4.78, 5) is 24.2. The molecule has 22 heavy (non-hydrogen) atoms. The van der Waals surface area contributed by atoms with E-state index in [9.17, 15) is 9.59 Å². The molecule has 0 aromatic carbocycles. The first-order valence-corrected chi connectivity index (χ1v) is 7.92. The van der Waals surface area contributed by atoms with Crippen LogP contribution in [-0.2, 0) is 23.8 Å². The summed E-state index contributed by atoms with van der Waals surface area (Å²) in [5, 5.41) is 0. The van der Waals surface area contributed by atoms with Gasteiger partial charge >= 0.3 is 5.97 Å². The Morgan fingerprint density at radius 2 is 1.77 bits per heavy atom. The Morgan fingerprint density at radius 1 is 1.23 bits per heavy atom. The number of carbonyl (C=O) groups is 2. The summed E-state index contributed by atoms with van der Waals surface area (Å²) in [6, 6.07) is 0. The van der Waals surface area contributed by atoms with Gasteiger partial charge in [-0.2, -0.15) is 0 Å². The summed E-state index contributed by atoms with van der Waals surface area (Å²) in [6.07, 6.45) is -0.0660. The lowest BCUT2D eigenvalue weighted by molar-refractivity contribution is -0.170. The molecule has 1 aliphatic heterocycles. The van der Waals surface area contributed by atoms with Crippen molar-refractivity contribution >= 4 is 11.8 Å². The minimum absolute atomic E-state index is 0.00271. The second-order valence-corrected chi connectivity index (χ2v) is 7.75. The third kappa shape index (κ3) is 4.07. The zero-order chi connectivity index (χ0) is 17.3. The number of carbonyl (C=O) groups excluding carboxylic acids is 2. The van der Waals surface area contributed by atoms with Crippen molar-refractivity contribution < 1.29 is 23.8 Å². The van der Waals surface area contributed by atoms with E-state index in [0.717, 1.165) is 0 Å². The molecule has 0 aliphatic carbocycles. The van der Waals surface area contributed by atoms with Gasteiger partial charge in [-0.05, 0) is 41.5 Å². The van der Waals surface area contributed by atoms with Crippen molar-refractivity contribution in [3.63, 3.8) is 0 Å². The molecule has 0 aromatic heterocycles. The molecule has 0 unspecified atom stereocenters. The highest BCUT2D eigenvalue weighted by molar-refractivity contribution is 5.87. The van der Waals surface area contributed by atoms with Gasteiger partial charge in [-0.25, -0.2) is 0 Å². The molecular formula is C17H30O5. The molecule has 128 valence electrons. The van der Waals surface area contributed by atoms with Crippen LogP contribution in [0.4, 0.5) is 0 Å². The quantitative estimate of drug-likeness (QED) is 0.730. The number of esters is 1. The Morgan fingerprint density at radius 3 is 2.23 bits per heavy atom. The van der Waals surface area contributed by atoms with E-state index < -0.39 is 22.9 Å². The normalized spacial score (nSPS) is 29.2. The first-order valence-electron chi connectivity index (χ1n) is 7.92. The van der Waals surface area contributed by atoms with Gasteiger partial charge in [0, 0.05) is 12.3 Å². The Hall–Kier alpha value is -0.940. The topological polar surface area (TPSA) is 61.8 Å². The zero-order valence-corrected chi connectivity index (χ0v) is 15.1. The van der Waals surface area contributed by atoms with Gasteiger partial charge in [0.2, 0.25) is 0 Å². The molecule has 3 atom stereocenters. The van der Waals surface area contributed by atoms with Gasteiger partial charge in [-0.1, -0.05) is 13.8 Å². The number of hydrogen-bond donors (Lipinski definition) is 0. The molecule has 0 N–H and O–H groups in total. The molecule has 1 aliphatic rings. The standard InChI is InChI=1S/C17H30O5/c1-9-12(18)17(8)13(21-16(6,7)22-17)11(2)10-20-14(19)15(3,4)5/h11,13H,9-10H2,1-8H3/t11-,13+,17+/m0/s1. The fraction of sp³-hybridized carbons (Fsp3) is 0.882. The average molecular weight is 314 g/mol. The van der Waals surface area contributed by atoms with Gasteiger partial charge in [-0.15, -0.1) is 0 Å². The lowest BCUT2D eigenvalue weighted by Gasteiger charge is -2.31. The van der Waals surface area contributed by atoms with Crippen LogP contribution in [-0.4, -0.2) is 35.9 Å². The second kappa shape index (κ2) is 6.28. The number of ether oxygens (including phenoxy) is 3. The summed E-state index contributed by atoms with van der Waals surface area (Å²) in [7, 11) is 0. The Labute approximate surface area is 133 Å². The van der Waals surface area contributed by atoms with Crippen LogP contribution in [0.15, 0.2) is 0 Å². The monoisotopic (exact) mass is 314 g/mol. The molecule has 0 amide bonds. The van der Waals surface area contributed by atoms with Crippen molar-refractivity contribution in [2.75, 3.05) is 6.61 Å². The smallest absolute Gasteiger partial charge is 0.311 e. The van der Waals surface area contributed by atoms with E-state index in [4.69, 9.17) is 14.2 Å². The molecule has 5 heteroatoms. The Balaban J connectivity index is 2.83. The van der Waals surface area contributed by atoms with E-state index in [1.165, 1.54) is 0 Å². The predicted molar refractivity (Wildman–Crippen MR) is 83.3 cm³/mol.